The number of benzene rings is 1. The van der Waals surface area contributed by atoms with Gasteiger partial charge >= 0.3 is 0 Å². The summed E-state index contributed by atoms with van der Waals surface area (Å²) in [6.07, 6.45) is 2.57. The molecule has 0 heterocycles. The summed E-state index contributed by atoms with van der Waals surface area (Å²) >= 11 is 0. The third-order valence-electron chi connectivity index (χ3n) is 3.33. The second-order valence-corrected chi connectivity index (χ2v) is 4.49. The van der Waals surface area contributed by atoms with E-state index in [9.17, 15) is 5.11 Å². The smallest absolute Gasteiger partial charge is 0.122 e. The number of phenolic OH excluding ortho intramolecular Hbond substituents is 1. The van der Waals surface area contributed by atoms with E-state index in [4.69, 9.17) is 4.74 Å². The predicted octanol–water partition coefficient (Wildman–Crippen LogP) is 1.97. The highest BCUT2D eigenvalue weighted by Crippen LogP contribution is 2.25. The van der Waals surface area contributed by atoms with Crippen molar-refractivity contribution in [3.63, 3.8) is 0 Å². The fourth-order valence-corrected chi connectivity index (χ4v) is 2.04. The van der Waals surface area contributed by atoms with Crippen LogP contribution in [0.15, 0.2) is 18.2 Å². The lowest BCUT2D eigenvalue weighted by Gasteiger charge is -2.34. The summed E-state index contributed by atoms with van der Waals surface area (Å²) in [5, 5.41) is 13.3. The lowest BCUT2D eigenvalue weighted by molar-refractivity contribution is 0.0169. The van der Waals surface area contributed by atoms with Crippen LogP contribution in [0.3, 0.4) is 0 Å². The van der Waals surface area contributed by atoms with Gasteiger partial charge in [-0.05, 0) is 25.3 Å². The first-order chi connectivity index (χ1) is 7.70. The molecule has 1 aliphatic carbocycles. The quantitative estimate of drug-likeness (QED) is 0.816. The maximum absolute atomic E-state index is 9.83. The first kappa shape index (κ1) is 11.4. The molecule has 0 atom stereocenters. The van der Waals surface area contributed by atoms with Crippen LogP contribution in [0.1, 0.15) is 24.0 Å². The number of methoxy groups -OCH3 is 1. The van der Waals surface area contributed by atoms with Crippen molar-refractivity contribution in [3.8, 4) is 5.75 Å². The van der Waals surface area contributed by atoms with Crippen LogP contribution in [0.25, 0.3) is 0 Å². The van der Waals surface area contributed by atoms with Crippen LogP contribution in [0.5, 0.6) is 5.75 Å². The van der Waals surface area contributed by atoms with E-state index < -0.39 is 0 Å². The molecule has 0 aliphatic heterocycles. The van der Waals surface area contributed by atoms with E-state index in [1.54, 1.807) is 7.11 Å². The van der Waals surface area contributed by atoms with E-state index in [1.165, 1.54) is 0 Å². The van der Waals surface area contributed by atoms with Crippen molar-refractivity contribution in [2.45, 2.75) is 38.5 Å². The number of hydrogen-bond donors (Lipinski definition) is 2. The number of aromatic hydroxyl groups is 1. The van der Waals surface area contributed by atoms with E-state index in [1.807, 2.05) is 25.1 Å². The molecule has 2 rings (SSSR count). The number of para-hydroxylation sites is 1. The fraction of sp³-hybridized carbons (Fsp3) is 0.538. The Morgan fingerprint density at radius 2 is 2.19 bits per heavy atom. The average molecular weight is 221 g/mol. The summed E-state index contributed by atoms with van der Waals surface area (Å²) < 4.78 is 5.22. The zero-order valence-electron chi connectivity index (χ0n) is 9.86. The van der Waals surface area contributed by atoms with Crippen LogP contribution in [0.2, 0.25) is 0 Å². The van der Waals surface area contributed by atoms with Crippen molar-refractivity contribution in [3.05, 3.63) is 29.3 Å². The third-order valence-corrected chi connectivity index (χ3v) is 3.33. The van der Waals surface area contributed by atoms with Gasteiger partial charge in [0.05, 0.1) is 6.10 Å². The summed E-state index contributed by atoms with van der Waals surface area (Å²) in [4.78, 5) is 0. The summed E-state index contributed by atoms with van der Waals surface area (Å²) in [6, 6.07) is 6.39. The monoisotopic (exact) mass is 221 g/mol. The maximum atomic E-state index is 9.83. The molecule has 1 saturated carbocycles. The Morgan fingerprint density at radius 1 is 1.44 bits per heavy atom. The molecule has 0 amide bonds. The average Bonchev–Trinajstić information content (AvgIpc) is 2.22. The van der Waals surface area contributed by atoms with Crippen LogP contribution in [0, 0.1) is 6.92 Å². The Hall–Kier alpha value is -1.06. The van der Waals surface area contributed by atoms with E-state index >= 15 is 0 Å². The van der Waals surface area contributed by atoms with Gasteiger partial charge in [-0.15, -0.1) is 0 Å². The number of nitrogens with one attached hydrogen (secondary N) is 1. The molecule has 0 radical (unpaired) electrons. The van der Waals surface area contributed by atoms with Gasteiger partial charge in [-0.2, -0.15) is 0 Å². The lowest BCUT2D eigenvalue weighted by Crippen LogP contribution is -2.44. The van der Waals surface area contributed by atoms with Gasteiger partial charge in [-0.25, -0.2) is 0 Å². The Morgan fingerprint density at radius 3 is 2.88 bits per heavy atom. The minimum atomic E-state index is 0.414. The first-order valence-electron chi connectivity index (χ1n) is 5.74. The molecule has 3 nitrogen and oxygen atoms in total. The number of rotatable bonds is 4. The zero-order valence-corrected chi connectivity index (χ0v) is 9.86. The normalized spacial score (nSPS) is 24.1. The molecule has 1 aromatic rings. The highest BCUT2D eigenvalue weighted by Gasteiger charge is 2.28. The van der Waals surface area contributed by atoms with Gasteiger partial charge in [-0.3, -0.25) is 0 Å². The lowest BCUT2D eigenvalue weighted by atomic mass is 9.89. The van der Waals surface area contributed by atoms with Gasteiger partial charge in [0.1, 0.15) is 5.75 Å². The van der Waals surface area contributed by atoms with Gasteiger partial charge in [0.2, 0.25) is 0 Å². The molecule has 1 fully saturated rings. The van der Waals surface area contributed by atoms with Crippen molar-refractivity contribution in [1.29, 1.82) is 0 Å². The summed E-state index contributed by atoms with van der Waals surface area (Å²) in [6.45, 7) is 2.65. The van der Waals surface area contributed by atoms with Gasteiger partial charge < -0.3 is 15.2 Å². The minimum Gasteiger partial charge on any atom is -0.507 e. The van der Waals surface area contributed by atoms with Crippen LogP contribution in [0.4, 0.5) is 0 Å². The number of hydrogen-bond acceptors (Lipinski definition) is 3. The number of phenols is 1. The molecule has 1 aromatic carbocycles. The van der Waals surface area contributed by atoms with Crippen LogP contribution >= 0.6 is 0 Å². The second kappa shape index (κ2) is 4.85. The molecular formula is C13H19NO2. The van der Waals surface area contributed by atoms with Crippen molar-refractivity contribution in [2.24, 2.45) is 0 Å². The minimum absolute atomic E-state index is 0.414. The van der Waals surface area contributed by atoms with E-state index in [0.29, 0.717) is 17.9 Å². The molecule has 0 saturated heterocycles. The van der Waals surface area contributed by atoms with Gasteiger partial charge in [0.25, 0.3) is 0 Å². The fourth-order valence-electron chi connectivity index (χ4n) is 2.04. The van der Waals surface area contributed by atoms with Crippen LogP contribution < -0.4 is 5.32 Å². The summed E-state index contributed by atoms with van der Waals surface area (Å²) in [5.41, 5.74) is 1.91. The molecule has 0 spiro atoms. The van der Waals surface area contributed by atoms with Gasteiger partial charge in [-0.1, -0.05) is 18.2 Å². The first-order valence-corrected chi connectivity index (χ1v) is 5.74. The predicted molar refractivity (Wildman–Crippen MR) is 63.5 cm³/mol. The standard InChI is InChI=1S/C13H19NO2/c1-9-4-3-5-10(13(9)15)8-14-11-6-12(7-11)16-2/h3-5,11-12,14-15H,6-8H2,1-2H3. The van der Waals surface area contributed by atoms with E-state index in [-0.39, 0.29) is 0 Å². The molecule has 2 N–H and O–H groups in total. The SMILES string of the molecule is COC1CC(NCc2cccc(C)c2O)C1. The van der Waals surface area contributed by atoms with Gasteiger partial charge in [0, 0.05) is 25.3 Å². The maximum Gasteiger partial charge on any atom is 0.122 e. The Kier molecular flexibility index (Phi) is 3.46. The van der Waals surface area contributed by atoms with Crippen molar-refractivity contribution in [1.82, 2.24) is 5.32 Å². The summed E-state index contributed by atoms with van der Waals surface area (Å²) in [7, 11) is 1.76. The molecular weight excluding hydrogens is 202 g/mol. The third kappa shape index (κ3) is 2.36. The van der Waals surface area contributed by atoms with Crippen LogP contribution in [-0.2, 0) is 11.3 Å². The molecule has 16 heavy (non-hydrogen) atoms. The number of aryl methyl sites for hydroxylation is 1. The largest absolute Gasteiger partial charge is 0.507 e. The molecule has 0 bridgehead atoms. The van der Waals surface area contributed by atoms with Crippen molar-refractivity contribution < 1.29 is 9.84 Å². The van der Waals surface area contributed by atoms with E-state index in [0.717, 1.165) is 30.5 Å². The molecule has 3 heteroatoms. The van der Waals surface area contributed by atoms with E-state index in [2.05, 4.69) is 5.32 Å². The Bertz CT molecular complexity index is 359. The van der Waals surface area contributed by atoms with Gasteiger partial charge in [0.15, 0.2) is 0 Å². The number of ether oxygens (including phenoxy) is 1. The molecule has 88 valence electrons. The van der Waals surface area contributed by atoms with Crippen LogP contribution in [-0.4, -0.2) is 24.4 Å². The Balaban J connectivity index is 1.84. The summed E-state index contributed by atoms with van der Waals surface area (Å²) in [5.74, 6) is 0.414. The van der Waals surface area contributed by atoms with Crippen molar-refractivity contribution in [2.75, 3.05) is 7.11 Å². The molecule has 1 aliphatic rings. The second-order valence-electron chi connectivity index (χ2n) is 4.49. The zero-order chi connectivity index (χ0) is 11.5. The van der Waals surface area contributed by atoms with Crippen molar-refractivity contribution >= 4 is 0 Å². The Labute approximate surface area is 96.4 Å². The molecule has 0 aromatic heterocycles. The highest BCUT2D eigenvalue weighted by molar-refractivity contribution is 5.39. The topological polar surface area (TPSA) is 41.5 Å². The highest BCUT2D eigenvalue weighted by atomic mass is 16.5. The molecule has 0 unspecified atom stereocenters.